The van der Waals surface area contributed by atoms with E-state index in [-0.39, 0.29) is 38.9 Å². The van der Waals surface area contributed by atoms with Crippen molar-refractivity contribution in [3.8, 4) is 0 Å². The fourth-order valence-corrected chi connectivity index (χ4v) is 3.67. The van der Waals surface area contributed by atoms with E-state index in [4.69, 9.17) is 42.6 Å². The highest BCUT2D eigenvalue weighted by Gasteiger charge is 2.34. The quantitative estimate of drug-likeness (QED) is 0.219. The van der Waals surface area contributed by atoms with Crippen molar-refractivity contribution in [3.63, 3.8) is 0 Å². The summed E-state index contributed by atoms with van der Waals surface area (Å²) in [5, 5.41) is 0. The average Bonchev–Trinajstić information content (AvgIpc) is 2.91. The van der Waals surface area contributed by atoms with Crippen molar-refractivity contribution < 1.29 is 42.6 Å². The van der Waals surface area contributed by atoms with E-state index in [0.29, 0.717) is 0 Å². The van der Waals surface area contributed by atoms with Gasteiger partial charge in [0, 0.05) is 103 Å². The molecule has 0 amide bonds. The SMILES string of the molecule is COC(CCn1c(=O)n(CCC(OC)(OC)OC)c(=O)n(CCC(OC)(OC)OC)c1=O)(OC)OC. The number of hydrogen-bond donors (Lipinski definition) is 0. The Bertz CT molecular complexity index is 795. The molecule has 15 heteroatoms. The number of ether oxygens (including phenoxy) is 9. The lowest BCUT2D eigenvalue weighted by molar-refractivity contribution is -0.356. The van der Waals surface area contributed by atoms with Crippen LogP contribution in [0.3, 0.4) is 0 Å². The van der Waals surface area contributed by atoms with Gasteiger partial charge >= 0.3 is 17.1 Å². The molecule has 15 nitrogen and oxygen atoms in total. The van der Waals surface area contributed by atoms with Crippen LogP contribution in [0.5, 0.6) is 0 Å². The van der Waals surface area contributed by atoms with E-state index < -0.39 is 35.0 Å². The molecule has 0 fully saturated rings. The lowest BCUT2D eigenvalue weighted by Gasteiger charge is -2.30. The highest BCUT2D eigenvalue weighted by Crippen LogP contribution is 2.19. The van der Waals surface area contributed by atoms with E-state index in [2.05, 4.69) is 0 Å². The van der Waals surface area contributed by atoms with Crippen LogP contribution in [0.25, 0.3) is 0 Å². The topological polar surface area (TPSA) is 149 Å². The first-order valence-electron chi connectivity index (χ1n) is 11.0. The second-order valence-electron chi connectivity index (χ2n) is 7.44. The third-order valence-corrected chi connectivity index (χ3v) is 6.11. The number of nitrogens with zero attached hydrogens (tertiary/aromatic N) is 3. The molecule has 0 atom stereocenters. The van der Waals surface area contributed by atoms with Gasteiger partial charge < -0.3 is 42.6 Å². The summed E-state index contributed by atoms with van der Waals surface area (Å²) >= 11 is 0. The molecule has 0 N–H and O–H groups in total. The summed E-state index contributed by atoms with van der Waals surface area (Å²) in [7, 11) is 12.2. The van der Waals surface area contributed by atoms with Crippen LogP contribution in [0.1, 0.15) is 19.3 Å². The van der Waals surface area contributed by atoms with E-state index in [1.165, 1.54) is 64.0 Å². The molecule has 0 radical (unpaired) electrons. The number of hydrogen-bond acceptors (Lipinski definition) is 12. The highest BCUT2D eigenvalue weighted by molar-refractivity contribution is 4.81. The summed E-state index contributed by atoms with van der Waals surface area (Å²) in [4.78, 5) is 39.9. The molecule has 0 saturated heterocycles. The summed E-state index contributed by atoms with van der Waals surface area (Å²) in [6.45, 7) is -0.579. The summed E-state index contributed by atoms with van der Waals surface area (Å²) in [6, 6.07) is 0. The van der Waals surface area contributed by atoms with Crippen molar-refractivity contribution in [2.45, 2.75) is 56.8 Å². The molecular formula is C21H39N3O12. The van der Waals surface area contributed by atoms with Crippen LogP contribution in [0.2, 0.25) is 0 Å². The molecule has 1 rings (SSSR count). The zero-order chi connectivity index (χ0) is 27.6. The van der Waals surface area contributed by atoms with E-state index in [1.807, 2.05) is 0 Å². The van der Waals surface area contributed by atoms with Crippen molar-refractivity contribution >= 4 is 0 Å². The lowest BCUT2D eigenvalue weighted by Crippen LogP contribution is -2.56. The van der Waals surface area contributed by atoms with Crippen LogP contribution in [0, 0.1) is 0 Å². The van der Waals surface area contributed by atoms with Crippen molar-refractivity contribution in [2.75, 3.05) is 64.0 Å². The Morgan fingerprint density at radius 1 is 0.417 bits per heavy atom. The fraction of sp³-hybridized carbons (Fsp3) is 0.857. The molecule has 0 aromatic carbocycles. The molecular weight excluding hydrogens is 486 g/mol. The van der Waals surface area contributed by atoms with Gasteiger partial charge in [0.15, 0.2) is 0 Å². The number of aromatic nitrogens is 3. The molecule has 1 heterocycles. The molecule has 0 spiro atoms. The monoisotopic (exact) mass is 525 g/mol. The predicted molar refractivity (Wildman–Crippen MR) is 124 cm³/mol. The predicted octanol–water partition coefficient (Wildman–Crippen LogP) is -0.879. The molecule has 0 aliphatic rings. The molecule has 1 aromatic rings. The minimum absolute atomic E-state index is 0.0415. The van der Waals surface area contributed by atoms with Crippen LogP contribution in [0.4, 0.5) is 0 Å². The maximum absolute atomic E-state index is 13.3. The molecule has 0 aliphatic carbocycles. The Balaban J connectivity index is 3.61. The van der Waals surface area contributed by atoms with Crippen LogP contribution in [-0.2, 0) is 62.3 Å². The maximum Gasteiger partial charge on any atom is 0.336 e. The van der Waals surface area contributed by atoms with Gasteiger partial charge in [0.2, 0.25) is 0 Å². The molecule has 0 aliphatic heterocycles. The summed E-state index contributed by atoms with van der Waals surface area (Å²) in [6.07, 6.45) is -0.125. The molecule has 36 heavy (non-hydrogen) atoms. The van der Waals surface area contributed by atoms with E-state index >= 15 is 0 Å². The minimum Gasteiger partial charge on any atom is -0.331 e. The van der Waals surface area contributed by atoms with Gasteiger partial charge in [-0.1, -0.05) is 0 Å². The molecule has 210 valence electrons. The smallest absolute Gasteiger partial charge is 0.331 e. The Hall–Kier alpha value is -1.95. The zero-order valence-corrected chi connectivity index (χ0v) is 22.5. The molecule has 1 aromatic heterocycles. The van der Waals surface area contributed by atoms with Crippen LogP contribution >= 0.6 is 0 Å². The molecule has 0 unspecified atom stereocenters. The highest BCUT2D eigenvalue weighted by atomic mass is 16.9. The zero-order valence-electron chi connectivity index (χ0n) is 22.5. The standard InChI is InChI=1S/C21H39N3O12/c1-28-19(29-2,30-3)10-13-22-16(25)23(14-11-20(31-4,32-5)33-6)18(27)24(17(22)26)15-12-21(34-7,35-8)36-9/h10-15H2,1-9H3. The second-order valence-corrected chi connectivity index (χ2v) is 7.44. The van der Waals surface area contributed by atoms with Gasteiger partial charge in [0.05, 0.1) is 0 Å². The van der Waals surface area contributed by atoms with Gasteiger partial charge in [-0.05, 0) is 0 Å². The van der Waals surface area contributed by atoms with Crippen molar-refractivity contribution in [2.24, 2.45) is 0 Å². The van der Waals surface area contributed by atoms with Crippen LogP contribution in [0.15, 0.2) is 14.4 Å². The van der Waals surface area contributed by atoms with Gasteiger partial charge in [-0.15, -0.1) is 0 Å². The summed E-state index contributed by atoms with van der Waals surface area (Å²) < 4.78 is 50.0. The Morgan fingerprint density at radius 3 is 0.722 bits per heavy atom. The largest absolute Gasteiger partial charge is 0.336 e. The average molecular weight is 526 g/mol. The van der Waals surface area contributed by atoms with Crippen molar-refractivity contribution in [3.05, 3.63) is 31.5 Å². The Kier molecular flexibility index (Phi) is 12.6. The van der Waals surface area contributed by atoms with Gasteiger partial charge in [-0.3, -0.25) is 0 Å². The van der Waals surface area contributed by atoms with Crippen molar-refractivity contribution in [1.29, 1.82) is 0 Å². The third kappa shape index (κ3) is 6.87. The van der Waals surface area contributed by atoms with Crippen LogP contribution in [-0.4, -0.2) is 95.6 Å². The first-order valence-corrected chi connectivity index (χ1v) is 11.0. The van der Waals surface area contributed by atoms with Gasteiger partial charge in [0.1, 0.15) is 0 Å². The van der Waals surface area contributed by atoms with E-state index in [1.54, 1.807) is 0 Å². The van der Waals surface area contributed by atoms with Gasteiger partial charge in [-0.25, -0.2) is 28.1 Å². The first-order chi connectivity index (χ1) is 17.1. The second kappa shape index (κ2) is 14.1. The van der Waals surface area contributed by atoms with E-state index in [9.17, 15) is 14.4 Å². The van der Waals surface area contributed by atoms with Gasteiger partial charge in [-0.2, -0.15) is 0 Å². The Morgan fingerprint density at radius 2 is 0.583 bits per heavy atom. The fourth-order valence-electron chi connectivity index (χ4n) is 3.67. The minimum atomic E-state index is -1.51. The van der Waals surface area contributed by atoms with Gasteiger partial charge in [0.25, 0.3) is 17.9 Å². The summed E-state index contributed by atoms with van der Waals surface area (Å²) in [5.41, 5.74) is -2.56. The number of methoxy groups -OCH3 is 9. The number of rotatable bonds is 18. The normalized spacial score (nSPS) is 12.9. The molecule has 0 saturated carbocycles. The van der Waals surface area contributed by atoms with Crippen LogP contribution < -0.4 is 17.1 Å². The summed E-state index contributed by atoms with van der Waals surface area (Å²) in [5.74, 6) is -4.52. The van der Waals surface area contributed by atoms with Crippen molar-refractivity contribution in [1.82, 2.24) is 13.7 Å². The first kappa shape index (κ1) is 32.1. The maximum atomic E-state index is 13.3. The Labute approximate surface area is 209 Å². The molecule has 0 bridgehead atoms. The third-order valence-electron chi connectivity index (χ3n) is 6.11. The lowest BCUT2D eigenvalue weighted by atomic mass is 10.3. The van der Waals surface area contributed by atoms with E-state index in [0.717, 1.165) is 13.7 Å².